The molecule has 0 saturated carbocycles. The first-order valence-electron chi connectivity index (χ1n) is 12.4. The molecule has 1 heterocycles. The number of aliphatic hydroxyl groups excluding tert-OH is 1. The summed E-state index contributed by atoms with van der Waals surface area (Å²) in [6.45, 7) is 4.13. The molecular weight excluding hydrogens is 496 g/mol. The minimum absolute atomic E-state index is 0.0134. The van der Waals surface area contributed by atoms with Gasteiger partial charge in [0, 0.05) is 6.42 Å². The lowest BCUT2D eigenvalue weighted by Crippen LogP contribution is -2.60. The van der Waals surface area contributed by atoms with Crippen LogP contribution in [0.4, 0.5) is 9.59 Å². The number of carbonyl (C=O) groups excluding carboxylic acids is 3. The smallest absolute Gasteiger partial charge is 0.430 e. The Morgan fingerprint density at radius 1 is 0.921 bits per heavy atom. The van der Waals surface area contributed by atoms with Crippen LogP contribution in [-0.4, -0.2) is 66.5 Å². The lowest BCUT2D eigenvalue weighted by Gasteiger charge is -2.32. The Morgan fingerprint density at radius 3 is 2.03 bits per heavy atom. The third-order valence-corrected chi connectivity index (χ3v) is 5.39. The van der Waals surface area contributed by atoms with Crippen LogP contribution in [0.3, 0.4) is 0 Å². The van der Waals surface area contributed by atoms with Crippen LogP contribution in [-0.2, 0) is 41.7 Å². The quantitative estimate of drug-likeness (QED) is 0.255. The Bertz CT molecular complexity index is 1010. The number of nitrogens with one attached hydrogen (secondary N) is 1. The molecule has 1 aliphatic heterocycles. The Balaban J connectivity index is 1.79. The molecule has 1 aliphatic rings. The zero-order valence-electron chi connectivity index (χ0n) is 21.5. The number of hydrazine groups is 1. The summed E-state index contributed by atoms with van der Waals surface area (Å²) < 4.78 is 26.7. The van der Waals surface area contributed by atoms with Crippen LogP contribution >= 0.6 is 0 Å². The number of carbonyl (C=O) groups is 3. The third-order valence-electron chi connectivity index (χ3n) is 5.39. The van der Waals surface area contributed by atoms with E-state index in [9.17, 15) is 19.5 Å². The number of amides is 2. The number of ether oxygens (including phenoxy) is 5. The van der Waals surface area contributed by atoms with Crippen molar-refractivity contribution >= 4 is 18.2 Å². The monoisotopic (exact) mass is 530 g/mol. The van der Waals surface area contributed by atoms with E-state index in [1.165, 1.54) is 0 Å². The van der Waals surface area contributed by atoms with Crippen LogP contribution < -0.4 is 5.43 Å². The molecule has 2 aromatic rings. The van der Waals surface area contributed by atoms with Gasteiger partial charge in [0.15, 0.2) is 12.3 Å². The predicted octanol–water partition coefficient (Wildman–Crippen LogP) is 3.16. The first-order chi connectivity index (χ1) is 18.3. The zero-order chi connectivity index (χ0) is 27.3. The number of hydrogen-bond donors (Lipinski definition) is 2. The summed E-state index contributed by atoms with van der Waals surface area (Å²) >= 11 is 0. The average Bonchev–Trinajstić information content (AvgIpc) is 3.43. The topological polar surface area (TPSA) is 133 Å². The Labute approximate surface area is 221 Å². The number of benzene rings is 2. The molecule has 2 N–H and O–H groups in total. The van der Waals surface area contributed by atoms with Crippen molar-refractivity contribution in [1.82, 2.24) is 10.4 Å². The number of nitrogens with zero attached hydrogens (tertiary/aromatic N) is 1. The lowest BCUT2D eigenvalue weighted by atomic mass is 10.1. The second-order valence-electron chi connectivity index (χ2n) is 9.03. The van der Waals surface area contributed by atoms with Crippen LogP contribution in [0.25, 0.3) is 0 Å². The predicted molar refractivity (Wildman–Crippen MR) is 134 cm³/mol. The molecule has 2 atom stereocenters. The average molecular weight is 531 g/mol. The summed E-state index contributed by atoms with van der Waals surface area (Å²) in [5.74, 6) is -0.954. The van der Waals surface area contributed by atoms with Gasteiger partial charge in [-0.25, -0.2) is 19.8 Å². The van der Waals surface area contributed by atoms with Gasteiger partial charge in [-0.1, -0.05) is 74.5 Å². The maximum atomic E-state index is 13.2. The number of hydrogen-bond acceptors (Lipinski definition) is 9. The molecule has 0 aromatic heterocycles. The van der Waals surface area contributed by atoms with Crippen LogP contribution in [0.15, 0.2) is 60.7 Å². The highest BCUT2D eigenvalue weighted by Gasteiger charge is 2.41. The molecule has 11 heteroatoms. The summed E-state index contributed by atoms with van der Waals surface area (Å²) in [6.07, 6.45) is -4.61. The Hall–Kier alpha value is -3.67. The fraction of sp³-hybridized carbons (Fsp3) is 0.444. The molecule has 1 fully saturated rings. The molecule has 206 valence electrons. The molecule has 2 amide bonds. The van der Waals surface area contributed by atoms with Crippen molar-refractivity contribution in [1.29, 1.82) is 0 Å². The van der Waals surface area contributed by atoms with E-state index in [4.69, 9.17) is 23.7 Å². The van der Waals surface area contributed by atoms with Gasteiger partial charge in [0.1, 0.15) is 13.2 Å². The Morgan fingerprint density at radius 2 is 1.47 bits per heavy atom. The summed E-state index contributed by atoms with van der Waals surface area (Å²) in [4.78, 5) is 39.0. The molecule has 0 unspecified atom stereocenters. The molecule has 0 bridgehead atoms. The standard InChI is InChI=1S/C27H34N2O9/c1-19(2)16-36-25(31)24(22(30)15-23-34-13-14-35-23)29(27(33)38-18-21-11-7-4-8-12-21)28-26(32)37-17-20-9-5-3-6-10-20/h3-12,19,22-24,30H,13-18H2,1-2H3,(H,28,32)/t22-,24-/m0/s1. The summed E-state index contributed by atoms with van der Waals surface area (Å²) in [6, 6.07) is 16.1. The highest BCUT2D eigenvalue weighted by molar-refractivity contribution is 5.83. The summed E-state index contributed by atoms with van der Waals surface area (Å²) in [5, 5.41) is 11.6. The van der Waals surface area contributed by atoms with Gasteiger partial charge in [-0.15, -0.1) is 0 Å². The van der Waals surface area contributed by atoms with Crippen LogP contribution in [0.5, 0.6) is 0 Å². The fourth-order valence-corrected chi connectivity index (χ4v) is 3.51. The second-order valence-corrected chi connectivity index (χ2v) is 9.03. The fourth-order valence-electron chi connectivity index (χ4n) is 3.51. The minimum Gasteiger partial charge on any atom is -0.464 e. The van der Waals surface area contributed by atoms with Gasteiger partial charge in [-0.2, -0.15) is 5.01 Å². The van der Waals surface area contributed by atoms with E-state index in [0.717, 1.165) is 0 Å². The van der Waals surface area contributed by atoms with E-state index in [1.807, 2.05) is 26.0 Å². The minimum atomic E-state index is -1.67. The van der Waals surface area contributed by atoms with Gasteiger partial charge in [0.05, 0.1) is 25.9 Å². The van der Waals surface area contributed by atoms with E-state index < -0.39 is 36.6 Å². The first kappa shape index (κ1) is 28.9. The van der Waals surface area contributed by atoms with Crippen molar-refractivity contribution < 1.29 is 43.2 Å². The highest BCUT2D eigenvalue weighted by atomic mass is 16.7. The van der Waals surface area contributed by atoms with Crippen LogP contribution in [0.2, 0.25) is 0 Å². The first-order valence-corrected chi connectivity index (χ1v) is 12.4. The van der Waals surface area contributed by atoms with Gasteiger partial charge in [-0.3, -0.25) is 0 Å². The molecule has 0 aliphatic carbocycles. The molecule has 2 aromatic carbocycles. The SMILES string of the molecule is CC(C)COC(=O)[C@H]([C@@H](O)CC1OCCO1)N(NC(=O)OCc1ccccc1)C(=O)OCc1ccccc1. The number of esters is 1. The number of rotatable bonds is 11. The van der Waals surface area contributed by atoms with Crippen molar-refractivity contribution in [2.45, 2.75) is 51.9 Å². The summed E-state index contributed by atoms with van der Waals surface area (Å²) in [5.41, 5.74) is 3.65. The molecule has 11 nitrogen and oxygen atoms in total. The van der Waals surface area contributed by atoms with E-state index in [1.54, 1.807) is 48.5 Å². The normalized spacial score (nSPS) is 14.9. The molecule has 0 radical (unpaired) electrons. The van der Waals surface area contributed by atoms with Crippen LogP contribution in [0, 0.1) is 5.92 Å². The van der Waals surface area contributed by atoms with Crippen molar-refractivity contribution in [3.63, 3.8) is 0 Å². The van der Waals surface area contributed by atoms with Gasteiger partial charge in [-0.05, 0) is 17.0 Å². The van der Waals surface area contributed by atoms with Gasteiger partial charge >= 0.3 is 18.2 Å². The van der Waals surface area contributed by atoms with E-state index >= 15 is 0 Å². The highest BCUT2D eigenvalue weighted by Crippen LogP contribution is 2.18. The third kappa shape index (κ3) is 9.33. The maximum absolute atomic E-state index is 13.2. The van der Waals surface area contributed by atoms with E-state index in [-0.39, 0.29) is 32.2 Å². The second kappa shape index (κ2) is 14.9. The summed E-state index contributed by atoms with van der Waals surface area (Å²) in [7, 11) is 0. The van der Waals surface area contributed by atoms with Gasteiger partial charge in [0.2, 0.25) is 0 Å². The number of aliphatic hydroxyl groups is 1. The molecule has 3 rings (SSSR count). The Kier molecular flexibility index (Phi) is 11.3. The van der Waals surface area contributed by atoms with E-state index in [2.05, 4.69) is 5.43 Å². The van der Waals surface area contributed by atoms with Crippen LogP contribution in [0.1, 0.15) is 31.4 Å². The molecular formula is C27H34N2O9. The molecule has 0 spiro atoms. The van der Waals surface area contributed by atoms with Crippen molar-refractivity contribution in [3.05, 3.63) is 71.8 Å². The largest absolute Gasteiger partial charge is 0.464 e. The lowest BCUT2D eigenvalue weighted by molar-refractivity contribution is -0.159. The maximum Gasteiger partial charge on any atom is 0.430 e. The van der Waals surface area contributed by atoms with Crippen molar-refractivity contribution in [2.75, 3.05) is 19.8 Å². The van der Waals surface area contributed by atoms with E-state index in [0.29, 0.717) is 29.3 Å². The molecule has 38 heavy (non-hydrogen) atoms. The van der Waals surface area contributed by atoms with Gasteiger partial charge < -0.3 is 28.8 Å². The zero-order valence-corrected chi connectivity index (χ0v) is 21.5. The van der Waals surface area contributed by atoms with Gasteiger partial charge in [0.25, 0.3) is 0 Å². The molecule has 1 saturated heterocycles. The van der Waals surface area contributed by atoms with Crippen molar-refractivity contribution in [3.8, 4) is 0 Å². The van der Waals surface area contributed by atoms with Crippen molar-refractivity contribution in [2.24, 2.45) is 5.92 Å².